The highest BCUT2D eigenvalue weighted by molar-refractivity contribution is 5.78. The highest BCUT2D eigenvalue weighted by Gasteiger charge is 2.28. The second kappa shape index (κ2) is 5.58. The van der Waals surface area contributed by atoms with Gasteiger partial charge in [-0.2, -0.15) is 0 Å². The van der Waals surface area contributed by atoms with Crippen LogP contribution in [0, 0.1) is 12.8 Å². The van der Waals surface area contributed by atoms with Crippen LogP contribution in [0.25, 0.3) is 11.2 Å². The van der Waals surface area contributed by atoms with E-state index in [9.17, 15) is 9.90 Å². The molecule has 2 rings (SSSR count). The second-order valence-electron chi connectivity index (χ2n) is 5.21. The first kappa shape index (κ1) is 14.5. The molecule has 0 radical (unpaired) electrons. The van der Waals surface area contributed by atoms with Crippen molar-refractivity contribution in [3.63, 3.8) is 0 Å². The molecule has 6 nitrogen and oxygen atoms in total. The number of ether oxygens (including phenoxy) is 1. The van der Waals surface area contributed by atoms with Crippen molar-refractivity contribution in [3.8, 4) is 0 Å². The number of methoxy groups -OCH3 is 1. The Bertz CT molecular complexity index is 634. The highest BCUT2D eigenvalue weighted by atomic mass is 16.5. The van der Waals surface area contributed by atoms with E-state index in [1.165, 1.54) is 0 Å². The maximum Gasteiger partial charge on any atom is 0.327 e. The van der Waals surface area contributed by atoms with Crippen LogP contribution in [0.5, 0.6) is 0 Å². The number of carbonyl (C=O) groups is 1. The summed E-state index contributed by atoms with van der Waals surface area (Å²) >= 11 is 0. The Balaban J connectivity index is 2.70. The average Bonchev–Trinajstić information content (AvgIpc) is 2.67. The Morgan fingerprint density at radius 1 is 1.50 bits per heavy atom. The summed E-state index contributed by atoms with van der Waals surface area (Å²) in [6.45, 7) is 5.93. The van der Waals surface area contributed by atoms with E-state index in [4.69, 9.17) is 4.74 Å². The van der Waals surface area contributed by atoms with Crippen molar-refractivity contribution in [1.29, 1.82) is 0 Å². The van der Waals surface area contributed by atoms with Gasteiger partial charge in [-0.3, -0.25) is 4.57 Å². The van der Waals surface area contributed by atoms with Gasteiger partial charge in [-0.15, -0.1) is 0 Å². The fourth-order valence-corrected chi connectivity index (χ4v) is 2.35. The number of fused-ring (bicyclic) bond motifs is 1. The van der Waals surface area contributed by atoms with Crippen molar-refractivity contribution in [3.05, 3.63) is 23.7 Å². The van der Waals surface area contributed by atoms with Crippen molar-refractivity contribution in [1.82, 2.24) is 14.5 Å². The van der Waals surface area contributed by atoms with Gasteiger partial charge in [-0.25, -0.2) is 14.8 Å². The van der Waals surface area contributed by atoms with Gasteiger partial charge < -0.3 is 9.84 Å². The third-order valence-corrected chi connectivity index (χ3v) is 3.18. The van der Waals surface area contributed by atoms with Crippen molar-refractivity contribution in [2.24, 2.45) is 5.92 Å². The van der Waals surface area contributed by atoms with Gasteiger partial charge in [0.1, 0.15) is 24.0 Å². The predicted octanol–water partition coefficient (Wildman–Crippen LogP) is 2.17. The molecule has 20 heavy (non-hydrogen) atoms. The lowest BCUT2D eigenvalue weighted by molar-refractivity contribution is -0.142. The van der Waals surface area contributed by atoms with E-state index in [0.29, 0.717) is 17.0 Å². The van der Waals surface area contributed by atoms with Crippen molar-refractivity contribution < 1.29 is 14.6 Å². The summed E-state index contributed by atoms with van der Waals surface area (Å²) < 4.78 is 6.81. The SMILES string of the molecule is COCc1nc2cc(C)cnc2n1C(C(=O)O)C(C)C. The molecule has 2 aromatic heterocycles. The van der Waals surface area contributed by atoms with Crippen LogP contribution in [0.2, 0.25) is 0 Å². The summed E-state index contributed by atoms with van der Waals surface area (Å²) in [4.78, 5) is 20.4. The second-order valence-corrected chi connectivity index (χ2v) is 5.21. The van der Waals surface area contributed by atoms with Gasteiger partial charge in [-0.05, 0) is 24.5 Å². The Morgan fingerprint density at radius 3 is 2.75 bits per heavy atom. The van der Waals surface area contributed by atoms with E-state index in [1.54, 1.807) is 17.9 Å². The fraction of sp³-hybridized carbons (Fsp3) is 0.500. The fourth-order valence-electron chi connectivity index (χ4n) is 2.35. The molecule has 1 atom stereocenters. The quantitative estimate of drug-likeness (QED) is 0.906. The molecule has 0 aliphatic rings. The summed E-state index contributed by atoms with van der Waals surface area (Å²) in [5.74, 6) is -0.385. The molecule has 0 bridgehead atoms. The minimum absolute atomic E-state index is 0.0800. The molecule has 0 aromatic carbocycles. The normalized spacial score (nSPS) is 13.1. The number of aryl methyl sites for hydroxylation is 1. The van der Waals surface area contributed by atoms with E-state index in [0.717, 1.165) is 5.56 Å². The molecule has 0 aliphatic heterocycles. The average molecular weight is 277 g/mol. The number of rotatable bonds is 5. The zero-order chi connectivity index (χ0) is 14.9. The number of aromatic nitrogens is 3. The molecule has 0 amide bonds. The first-order valence-corrected chi connectivity index (χ1v) is 6.51. The number of hydrogen-bond donors (Lipinski definition) is 1. The monoisotopic (exact) mass is 277 g/mol. The number of pyridine rings is 1. The van der Waals surface area contributed by atoms with Gasteiger partial charge >= 0.3 is 5.97 Å². The van der Waals surface area contributed by atoms with Crippen molar-refractivity contribution in [2.75, 3.05) is 7.11 Å². The molecule has 0 spiro atoms. The third kappa shape index (κ3) is 2.51. The molecular formula is C14H19N3O3. The summed E-state index contributed by atoms with van der Waals surface area (Å²) in [6.07, 6.45) is 1.72. The molecule has 0 saturated heterocycles. The highest BCUT2D eigenvalue weighted by Crippen LogP contribution is 2.26. The molecule has 0 fully saturated rings. The van der Waals surface area contributed by atoms with E-state index in [2.05, 4.69) is 9.97 Å². The van der Waals surface area contributed by atoms with Gasteiger partial charge in [0, 0.05) is 13.3 Å². The topological polar surface area (TPSA) is 77.2 Å². The van der Waals surface area contributed by atoms with Gasteiger partial charge in [0.15, 0.2) is 5.65 Å². The largest absolute Gasteiger partial charge is 0.480 e. The van der Waals surface area contributed by atoms with E-state index in [-0.39, 0.29) is 12.5 Å². The lowest BCUT2D eigenvalue weighted by Crippen LogP contribution is -2.26. The van der Waals surface area contributed by atoms with Crippen molar-refractivity contribution in [2.45, 2.75) is 33.4 Å². The van der Waals surface area contributed by atoms with Crippen LogP contribution in [0.15, 0.2) is 12.3 Å². The van der Waals surface area contributed by atoms with E-state index in [1.807, 2.05) is 26.8 Å². The molecular weight excluding hydrogens is 258 g/mol. The third-order valence-electron chi connectivity index (χ3n) is 3.18. The summed E-state index contributed by atoms with van der Waals surface area (Å²) in [7, 11) is 1.56. The van der Waals surface area contributed by atoms with E-state index >= 15 is 0 Å². The minimum Gasteiger partial charge on any atom is -0.480 e. The number of aliphatic carboxylic acids is 1. The summed E-state index contributed by atoms with van der Waals surface area (Å²) in [5, 5.41) is 9.50. The first-order valence-electron chi connectivity index (χ1n) is 6.51. The zero-order valence-electron chi connectivity index (χ0n) is 12.1. The van der Waals surface area contributed by atoms with Crippen LogP contribution >= 0.6 is 0 Å². The molecule has 2 aromatic rings. The molecule has 0 aliphatic carbocycles. The van der Waals surface area contributed by atoms with Crippen LogP contribution < -0.4 is 0 Å². The van der Waals surface area contributed by atoms with Crippen LogP contribution in [-0.2, 0) is 16.1 Å². The molecule has 2 heterocycles. The number of nitrogens with zero attached hydrogens (tertiary/aromatic N) is 3. The maximum absolute atomic E-state index is 11.6. The predicted molar refractivity (Wildman–Crippen MR) is 74.5 cm³/mol. The van der Waals surface area contributed by atoms with Crippen LogP contribution in [-0.4, -0.2) is 32.7 Å². The first-order chi connectivity index (χ1) is 9.45. The van der Waals surface area contributed by atoms with Crippen LogP contribution in [0.3, 0.4) is 0 Å². The molecule has 6 heteroatoms. The number of carboxylic acids is 1. The van der Waals surface area contributed by atoms with Crippen LogP contribution in [0.1, 0.15) is 31.3 Å². The van der Waals surface area contributed by atoms with Gasteiger partial charge in [0.2, 0.25) is 0 Å². The lowest BCUT2D eigenvalue weighted by Gasteiger charge is -2.20. The van der Waals surface area contributed by atoms with Gasteiger partial charge in [0.25, 0.3) is 0 Å². The smallest absolute Gasteiger partial charge is 0.327 e. The Labute approximate surface area is 117 Å². The Morgan fingerprint density at radius 2 is 2.20 bits per heavy atom. The zero-order valence-corrected chi connectivity index (χ0v) is 12.1. The number of carboxylic acid groups (broad SMARTS) is 1. The molecule has 1 unspecified atom stereocenters. The lowest BCUT2D eigenvalue weighted by atomic mass is 10.0. The van der Waals surface area contributed by atoms with Gasteiger partial charge in [0.05, 0.1) is 0 Å². The van der Waals surface area contributed by atoms with Gasteiger partial charge in [-0.1, -0.05) is 13.8 Å². The number of hydrogen-bond acceptors (Lipinski definition) is 4. The Hall–Kier alpha value is -1.95. The van der Waals surface area contributed by atoms with Crippen molar-refractivity contribution >= 4 is 17.1 Å². The standard InChI is InChI=1S/C14H19N3O3/c1-8(2)12(14(18)19)17-11(7-20-4)16-10-5-9(3)6-15-13(10)17/h5-6,8,12H,7H2,1-4H3,(H,18,19). The number of imidazole rings is 1. The summed E-state index contributed by atoms with van der Waals surface area (Å²) in [5.41, 5.74) is 2.27. The molecule has 1 N–H and O–H groups in total. The van der Waals surface area contributed by atoms with Crippen LogP contribution in [0.4, 0.5) is 0 Å². The molecule has 108 valence electrons. The molecule has 0 saturated carbocycles. The minimum atomic E-state index is -0.890. The van der Waals surface area contributed by atoms with E-state index < -0.39 is 12.0 Å². The maximum atomic E-state index is 11.6. The Kier molecular flexibility index (Phi) is 4.04. The summed E-state index contributed by atoms with van der Waals surface area (Å²) in [6, 6.07) is 1.19.